The molecule has 0 aromatic rings. The fourth-order valence-corrected chi connectivity index (χ4v) is 2.40. The van der Waals surface area contributed by atoms with Crippen molar-refractivity contribution in [1.29, 1.82) is 0 Å². The molecule has 0 bridgehead atoms. The molecule has 54 valence electrons. The summed E-state index contributed by atoms with van der Waals surface area (Å²) in [7, 11) is 0. The van der Waals surface area contributed by atoms with Gasteiger partial charge in [-0.1, -0.05) is 19.8 Å². The standard InChI is InChI=1S/C7H14IN/c1-6-4-2-3-5-7(6)9-8/h6-7,9H,2-5H2,1H3/t6-,7+/m1/s1. The second-order valence-electron chi connectivity index (χ2n) is 2.98. The summed E-state index contributed by atoms with van der Waals surface area (Å²) >= 11 is 2.27. The molecule has 0 saturated heterocycles. The molecule has 1 rings (SSSR count). The first-order valence-corrected chi connectivity index (χ1v) is 4.78. The molecule has 0 radical (unpaired) electrons. The highest BCUT2D eigenvalue weighted by Gasteiger charge is 2.19. The second kappa shape index (κ2) is 3.76. The Morgan fingerprint density at radius 3 is 2.44 bits per heavy atom. The highest BCUT2D eigenvalue weighted by atomic mass is 127. The normalized spacial score (nSPS) is 36.7. The first-order valence-electron chi connectivity index (χ1n) is 3.70. The zero-order valence-corrected chi connectivity index (χ0v) is 8.02. The van der Waals surface area contributed by atoms with Gasteiger partial charge in [0.15, 0.2) is 0 Å². The predicted molar refractivity (Wildman–Crippen MR) is 48.6 cm³/mol. The molecule has 0 amide bonds. The van der Waals surface area contributed by atoms with Gasteiger partial charge in [0.25, 0.3) is 0 Å². The number of hydrogen-bond donors (Lipinski definition) is 1. The van der Waals surface area contributed by atoms with Crippen LogP contribution < -0.4 is 3.53 Å². The molecule has 2 heteroatoms. The fourth-order valence-electron chi connectivity index (χ4n) is 1.48. The van der Waals surface area contributed by atoms with Gasteiger partial charge in [-0.25, -0.2) is 0 Å². The van der Waals surface area contributed by atoms with Gasteiger partial charge >= 0.3 is 0 Å². The lowest BCUT2D eigenvalue weighted by atomic mass is 9.87. The molecule has 2 atom stereocenters. The van der Waals surface area contributed by atoms with E-state index in [4.69, 9.17) is 0 Å². The maximum atomic E-state index is 3.32. The lowest BCUT2D eigenvalue weighted by Crippen LogP contribution is -2.30. The van der Waals surface area contributed by atoms with Crippen LogP contribution in [0.25, 0.3) is 0 Å². The van der Waals surface area contributed by atoms with Crippen molar-refractivity contribution >= 4 is 22.9 Å². The van der Waals surface area contributed by atoms with Gasteiger partial charge in [-0.3, -0.25) is 3.53 Å². The Labute approximate surface area is 71.1 Å². The van der Waals surface area contributed by atoms with Crippen LogP contribution in [0.1, 0.15) is 32.6 Å². The average Bonchev–Trinajstić information content (AvgIpc) is 1.89. The van der Waals surface area contributed by atoms with Gasteiger partial charge in [-0.05, 0) is 18.8 Å². The van der Waals surface area contributed by atoms with Crippen LogP contribution in [0, 0.1) is 5.92 Å². The fraction of sp³-hybridized carbons (Fsp3) is 1.00. The molecule has 0 aromatic heterocycles. The topological polar surface area (TPSA) is 12.0 Å². The predicted octanol–water partition coefficient (Wildman–Crippen LogP) is 2.50. The number of hydrogen-bond acceptors (Lipinski definition) is 1. The summed E-state index contributed by atoms with van der Waals surface area (Å²) in [5.41, 5.74) is 0. The smallest absolute Gasteiger partial charge is 0.0189 e. The van der Waals surface area contributed by atoms with Crippen LogP contribution >= 0.6 is 22.9 Å². The second-order valence-corrected chi connectivity index (χ2v) is 3.60. The van der Waals surface area contributed by atoms with E-state index in [-0.39, 0.29) is 0 Å². The first kappa shape index (κ1) is 7.79. The van der Waals surface area contributed by atoms with Gasteiger partial charge in [0.1, 0.15) is 0 Å². The Kier molecular flexibility index (Phi) is 3.26. The molecule has 9 heavy (non-hydrogen) atoms. The van der Waals surface area contributed by atoms with E-state index in [1.807, 2.05) is 0 Å². The molecule has 0 aromatic carbocycles. The van der Waals surface area contributed by atoms with Crippen LogP contribution in [0.2, 0.25) is 0 Å². The molecule has 1 aliphatic rings. The number of rotatable bonds is 1. The van der Waals surface area contributed by atoms with Crippen LogP contribution in [0.4, 0.5) is 0 Å². The van der Waals surface area contributed by atoms with Crippen LogP contribution in [0.5, 0.6) is 0 Å². The van der Waals surface area contributed by atoms with Gasteiger partial charge in [-0.15, -0.1) is 0 Å². The summed E-state index contributed by atoms with van der Waals surface area (Å²) in [6.45, 7) is 2.34. The maximum Gasteiger partial charge on any atom is 0.0189 e. The van der Waals surface area contributed by atoms with Crippen LogP contribution in [0.3, 0.4) is 0 Å². The molecule has 0 spiro atoms. The lowest BCUT2D eigenvalue weighted by Gasteiger charge is -2.27. The molecule has 1 nitrogen and oxygen atoms in total. The van der Waals surface area contributed by atoms with E-state index in [0.717, 1.165) is 12.0 Å². The molecule has 1 fully saturated rings. The Bertz CT molecular complexity index is 85.0. The molecular formula is C7H14IN. The third kappa shape index (κ3) is 2.08. The summed E-state index contributed by atoms with van der Waals surface area (Å²) in [5.74, 6) is 0.899. The molecule has 1 aliphatic carbocycles. The van der Waals surface area contributed by atoms with Gasteiger partial charge in [0.2, 0.25) is 0 Å². The summed E-state index contributed by atoms with van der Waals surface area (Å²) in [5, 5.41) is 0. The van der Waals surface area contributed by atoms with E-state index < -0.39 is 0 Å². The molecule has 0 heterocycles. The highest BCUT2D eigenvalue weighted by Crippen LogP contribution is 2.23. The van der Waals surface area contributed by atoms with E-state index in [0.29, 0.717) is 0 Å². The van der Waals surface area contributed by atoms with E-state index in [9.17, 15) is 0 Å². The van der Waals surface area contributed by atoms with Crippen molar-refractivity contribution in [1.82, 2.24) is 3.53 Å². The Morgan fingerprint density at radius 2 is 2.00 bits per heavy atom. The van der Waals surface area contributed by atoms with Crippen molar-refractivity contribution in [2.75, 3.05) is 0 Å². The minimum Gasteiger partial charge on any atom is -0.258 e. The quantitative estimate of drug-likeness (QED) is 0.547. The van der Waals surface area contributed by atoms with E-state index in [1.165, 1.54) is 25.7 Å². The summed E-state index contributed by atoms with van der Waals surface area (Å²) < 4.78 is 3.32. The van der Waals surface area contributed by atoms with Crippen molar-refractivity contribution in [3.05, 3.63) is 0 Å². The van der Waals surface area contributed by atoms with Gasteiger partial charge in [-0.2, -0.15) is 0 Å². The van der Waals surface area contributed by atoms with Gasteiger partial charge in [0, 0.05) is 28.9 Å². The minimum absolute atomic E-state index is 0.791. The lowest BCUT2D eigenvalue weighted by molar-refractivity contribution is 0.321. The number of halogens is 1. The minimum atomic E-state index is 0.791. The van der Waals surface area contributed by atoms with E-state index in [1.54, 1.807) is 0 Å². The SMILES string of the molecule is C[C@@H]1CCCC[C@@H]1NI. The molecule has 0 aliphatic heterocycles. The van der Waals surface area contributed by atoms with Crippen molar-refractivity contribution in [2.24, 2.45) is 5.92 Å². The molecule has 0 unspecified atom stereocenters. The van der Waals surface area contributed by atoms with Crippen molar-refractivity contribution < 1.29 is 0 Å². The Morgan fingerprint density at radius 1 is 1.33 bits per heavy atom. The highest BCUT2D eigenvalue weighted by molar-refractivity contribution is 14.1. The largest absolute Gasteiger partial charge is 0.258 e. The Hall–Kier alpha value is 0.690. The van der Waals surface area contributed by atoms with Crippen LogP contribution in [-0.4, -0.2) is 6.04 Å². The molecular weight excluding hydrogens is 225 g/mol. The summed E-state index contributed by atoms with van der Waals surface area (Å²) in [4.78, 5) is 0. The van der Waals surface area contributed by atoms with Gasteiger partial charge < -0.3 is 0 Å². The third-order valence-electron chi connectivity index (χ3n) is 2.25. The maximum absolute atomic E-state index is 3.32. The summed E-state index contributed by atoms with van der Waals surface area (Å²) in [6.07, 6.45) is 5.66. The van der Waals surface area contributed by atoms with Crippen molar-refractivity contribution in [3.63, 3.8) is 0 Å². The van der Waals surface area contributed by atoms with E-state index in [2.05, 4.69) is 33.3 Å². The summed E-state index contributed by atoms with van der Waals surface area (Å²) in [6, 6.07) is 0.791. The zero-order chi connectivity index (χ0) is 6.69. The molecule has 1 N–H and O–H groups in total. The van der Waals surface area contributed by atoms with Crippen molar-refractivity contribution in [3.8, 4) is 0 Å². The first-order chi connectivity index (χ1) is 4.34. The monoisotopic (exact) mass is 239 g/mol. The molecule has 1 saturated carbocycles. The zero-order valence-electron chi connectivity index (χ0n) is 5.86. The third-order valence-corrected chi connectivity index (χ3v) is 3.05. The van der Waals surface area contributed by atoms with E-state index >= 15 is 0 Å². The van der Waals surface area contributed by atoms with Crippen LogP contribution in [-0.2, 0) is 0 Å². The Balaban J connectivity index is 2.30. The number of nitrogens with one attached hydrogen (secondary N) is 1. The average molecular weight is 239 g/mol. The van der Waals surface area contributed by atoms with Crippen molar-refractivity contribution in [2.45, 2.75) is 38.6 Å². The van der Waals surface area contributed by atoms with Crippen LogP contribution in [0.15, 0.2) is 0 Å². The van der Waals surface area contributed by atoms with Gasteiger partial charge in [0.05, 0.1) is 0 Å².